The van der Waals surface area contributed by atoms with Gasteiger partial charge in [0.15, 0.2) is 0 Å². The van der Waals surface area contributed by atoms with Crippen LogP contribution in [0.5, 0.6) is 11.5 Å². The molecule has 126 valence electrons. The number of fused-ring (bicyclic) bond motifs is 1. The Labute approximate surface area is 137 Å². The Hall–Kier alpha value is -2.87. The number of hydrogen-bond acceptors (Lipinski definition) is 6. The first-order valence-corrected chi connectivity index (χ1v) is 7.43. The molecule has 1 N–H and O–H groups in total. The minimum Gasteiger partial charge on any atom is -0.497 e. The fraction of sp³-hybridized carbons (Fsp3) is 0.312. The first kappa shape index (κ1) is 16.0. The highest BCUT2D eigenvalue weighted by molar-refractivity contribution is 5.31. The van der Waals surface area contributed by atoms with E-state index in [-0.39, 0.29) is 18.7 Å². The molecule has 3 rings (SSSR count). The zero-order valence-electron chi connectivity index (χ0n) is 13.4. The number of aryl methyl sites for hydroxylation is 1. The topological polar surface area (TPSA) is 90.9 Å². The first-order chi connectivity index (χ1) is 11.6. The summed E-state index contributed by atoms with van der Waals surface area (Å²) in [5.41, 5.74) is 0.448. The van der Waals surface area contributed by atoms with E-state index in [0.717, 1.165) is 5.75 Å². The van der Waals surface area contributed by atoms with Crippen molar-refractivity contribution in [3.63, 3.8) is 0 Å². The van der Waals surface area contributed by atoms with Crippen LogP contribution in [0.2, 0.25) is 0 Å². The van der Waals surface area contributed by atoms with E-state index in [2.05, 4.69) is 10.1 Å². The number of methoxy groups -OCH3 is 1. The highest BCUT2D eigenvalue weighted by Gasteiger charge is 2.13. The van der Waals surface area contributed by atoms with Crippen molar-refractivity contribution < 1.29 is 14.6 Å². The number of ether oxygens (including phenoxy) is 2. The standard InChI is InChI=1S/C16H18N4O4/c1-11-7-15(22)20-16(17-10-18-20)19(11)8-12(21)9-24-14-5-3-13(23-2)4-6-14/h3-7,10,12,21H,8-9H2,1-2H3/t12-/m1/s1. The zero-order valence-corrected chi connectivity index (χ0v) is 13.4. The van der Waals surface area contributed by atoms with Crippen LogP contribution in [0.1, 0.15) is 5.69 Å². The van der Waals surface area contributed by atoms with Crippen LogP contribution in [0, 0.1) is 6.92 Å². The summed E-state index contributed by atoms with van der Waals surface area (Å²) in [6, 6.07) is 8.57. The molecule has 0 aliphatic rings. The van der Waals surface area contributed by atoms with E-state index in [1.54, 1.807) is 42.9 Å². The average molecular weight is 330 g/mol. The maximum Gasteiger partial charge on any atom is 0.275 e. The Balaban J connectivity index is 1.69. The van der Waals surface area contributed by atoms with Crippen LogP contribution in [-0.4, -0.2) is 44.1 Å². The molecular weight excluding hydrogens is 312 g/mol. The van der Waals surface area contributed by atoms with Crippen LogP contribution in [-0.2, 0) is 6.54 Å². The monoisotopic (exact) mass is 330 g/mol. The molecule has 0 aliphatic carbocycles. The summed E-state index contributed by atoms with van der Waals surface area (Å²) in [7, 11) is 1.59. The molecule has 0 saturated carbocycles. The SMILES string of the molecule is COc1ccc(OC[C@H](O)Cn2c(C)cc(=O)n3ncnc23)cc1. The van der Waals surface area contributed by atoms with E-state index in [0.29, 0.717) is 17.2 Å². The molecule has 8 heteroatoms. The van der Waals surface area contributed by atoms with Gasteiger partial charge in [-0.25, -0.2) is 0 Å². The summed E-state index contributed by atoms with van der Waals surface area (Å²) in [5.74, 6) is 1.77. The van der Waals surface area contributed by atoms with Gasteiger partial charge in [0.1, 0.15) is 30.5 Å². The van der Waals surface area contributed by atoms with E-state index in [9.17, 15) is 9.90 Å². The van der Waals surface area contributed by atoms with Crippen LogP contribution in [0.15, 0.2) is 41.5 Å². The van der Waals surface area contributed by atoms with Crippen molar-refractivity contribution in [3.8, 4) is 11.5 Å². The first-order valence-electron chi connectivity index (χ1n) is 7.43. The van der Waals surface area contributed by atoms with Gasteiger partial charge in [-0.2, -0.15) is 14.6 Å². The molecule has 0 spiro atoms. The molecule has 0 saturated heterocycles. The number of aromatic nitrogens is 4. The number of aliphatic hydroxyl groups is 1. The lowest BCUT2D eigenvalue weighted by Gasteiger charge is -2.16. The van der Waals surface area contributed by atoms with Crippen LogP contribution in [0.25, 0.3) is 5.78 Å². The molecule has 3 aromatic rings. The number of hydrogen-bond donors (Lipinski definition) is 1. The van der Waals surface area contributed by atoms with Gasteiger partial charge in [-0.1, -0.05) is 0 Å². The van der Waals surface area contributed by atoms with Gasteiger partial charge in [-0.3, -0.25) is 4.79 Å². The summed E-state index contributed by atoms with van der Waals surface area (Å²) in [6.45, 7) is 2.13. The third-order valence-electron chi connectivity index (χ3n) is 3.63. The summed E-state index contributed by atoms with van der Waals surface area (Å²) in [5, 5.41) is 14.1. The normalized spacial score (nSPS) is 12.3. The smallest absolute Gasteiger partial charge is 0.275 e. The van der Waals surface area contributed by atoms with Gasteiger partial charge in [0.2, 0.25) is 5.78 Å². The van der Waals surface area contributed by atoms with Gasteiger partial charge in [-0.05, 0) is 31.2 Å². The molecular formula is C16H18N4O4. The van der Waals surface area contributed by atoms with Crippen LogP contribution in [0.4, 0.5) is 0 Å². The van der Waals surface area contributed by atoms with Crippen molar-refractivity contribution in [3.05, 3.63) is 52.7 Å². The predicted molar refractivity (Wildman–Crippen MR) is 86.5 cm³/mol. The number of nitrogens with zero attached hydrogens (tertiary/aromatic N) is 4. The van der Waals surface area contributed by atoms with Crippen LogP contribution in [0.3, 0.4) is 0 Å². The van der Waals surface area contributed by atoms with Crippen molar-refractivity contribution in [1.29, 1.82) is 0 Å². The summed E-state index contributed by atoms with van der Waals surface area (Å²) in [4.78, 5) is 15.9. The van der Waals surface area contributed by atoms with Crippen molar-refractivity contribution in [2.45, 2.75) is 19.6 Å². The molecule has 0 aliphatic heterocycles. The second-order valence-corrected chi connectivity index (χ2v) is 5.35. The molecule has 0 radical (unpaired) electrons. The summed E-state index contributed by atoms with van der Waals surface area (Å²) in [6.07, 6.45) is 0.543. The second-order valence-electron chi connectivity index (χ2n) is 5.35. The van der Waals surface area contributed by atoms with E-state index in [1.807, 2.05) is 0 Å². The van der Waals surface area contributed by atoms with Crippen LogP contribution < -0.4 is 15.0 Å². The fourth-order valence-electron chi connectivity index (χ4n) is 2.40. The molecule has 0 fully saturated rings. The van der Waals surface area contributed by atoms with Crippen molar-refractivity contribution in [2.75, 3.05) is 13.7 Å². The van der Waals surface area contributed by atoms with E-state index >= 15 is 0 Å². The molecule has 0 bridgehead atoms. The molecule has 24 heavy (non-hydrogen) atoms. The number of aliphatic hydroxyl groups excluding tert-OH is 1. The van der Waals surface area contributed by atoms with Crippen molar-refractivity contribution in [2.24, 2.45) is 0 Å². The largest absolute Gasteiger partial charge is 0.497 e. The Kier molecular flexibility index (Phi) is 4.48. The van der Waals surface area contributed by atoms with Crippen molar-refractivity contribution in [1.82, 2.24) is 19.2 Å². The minimum absolute atomic E-state index is 0.109. The van der Waals surface area contributed by atoms with Gasteiger partial charge in [0.25, 0.3) is 5.56 Å². The Morgan fingerprint density at radius 3 is 2.67 bits per heavy atom. The zero-order chi connectivity index (χ0) is 17.1. The molecule has 8 nitrogen and oxygen atoms in total. The fourth-order valence-corrected chi connectivity index (χ4v) is 2.40. The lowest BCUT2D eigenvalue weighted by Crippen LogP contribution is -2.28. The summed E-state index contributed by atoms with van der Waals surface area (Å²) >= 11 is 0. The molecule has 1 aromatic carbocycles. The minimum atomic E-state index is -0.770. The van der Waals surface area contributed by atoms with Gasteiger partial charge >= 0.3 is 0 Å². The third kappa shape index (κ3) is 3.23. The number of rotatable bonds is 6. The van der Waals surface area contributed by atoms with Gasteiger partial charge in [0.05, 0.1) is 13.7 Å². The lowest BCUT2D eigenvalue weighted by molar-refractivity contribution is 0.0924. The molecule has 0 amide bonds. The molecule has 0 unspecified atom stereocenters. The number of benzene rings is 1. The van der Waals surface area contributed by atoms with Gasteiger partial charge in [0, 0.05) is 11.8 Å². The second kappa shape index (κ2) is 6.71. The van der Waals surface area contributed by atoms with E-state index < -0.39 is 6.10 Å². The van der Waals surface area contributed by atoms with Gasteiger partial charge in [-0.15, -0.1) is 0 Å². The molecule has 2 aromatic heterocycles. The maximum absolute atomic E-state index is 11.8. The van der Waals surface area contributed by atoms with Gasteiger partial charge < -0.3 is 19.1 Å². The van der Waals surface area contributed by atoms with E-state index in [1.165, 1.54) is 16.9 Å². The Morgan fingerprint density at radius 1 is 1.25 bits per heavy atom. The van der Waals surface area contributed by atoms with Crippen LogP contribution >= 0.6 is 0 Å². The maximum atomic E-state index is 11.8. The lowest BCUT2D eigenvalue weighted by atomic mass is 10.3. The Bertz CT molecular complexity index is 885. The highest BCUT2D eigenvalue weighted by Crippen LogP contribution is 2.17. The highest BCUT2D eigenvalue weighted by atomic mass is 16.5. The Morgan fingerprint density at radius 2 is 1.96 bits per heavy atom. The molecule has 2 heterocycles. The third-order valence-corrected chi connectivity index (χ3v) is 3.63. The summed E-state index contributed by atoms with van der Waals surface area (Å²) < 4.78 is 13.6. The van der Waals surface area contributed by atoms with E-state index in [4.69, 9.17) is 9.47 Å². The predicted octanol–water partition coefficient (Wildman–Crippen LogP) is 0.648. The molecule has 1 atom stereocenters. The average Bonchev–Trinajstić information content (AvgIpc) is 3.07. The van der Waals surface area contributed by atoms with Crippen molar-refractivity contribution >= 4 is 5.78 Å². The quantitative estimate of drug-likeness (QED) is 0.713.